The molecule has 1 N–H and O–H groups in total. The molecule has 0 bridgehead atoms. The van der Waals surface area contributed by atoms with Gasteiger partial charge in [0.25, 0.3) is 0 Å². The summed E-state index contributed by atoms with van der Waals surface area (Å²) in [4.78, 5) is 9.44. The van der Waals surface area contributed by atoms with E-state index in [1.165, 1.54) is 0 Å². The van der Waals surface area contributed by atoms with Gasteiger partial charge in [0.05, 0.1) is 23.0 Å². The second-order valence-electron chi connectivity index (χ2n) is 6.63. The van der Waals surface area contributed by atoms with Gasteiger partial charge in [-0.3, -0.25) is 0 Å². The lowest BCUT2D eigenvalue weighted by Gasteiger charge is -2.14. The molecule has 144 valence electrons. The third-order valence-electron chi connectivity index (χ3n) is 4.68. The zero-order valence-electron chi connectivity index (χ0n) is 15.8. The number of rotatable bonds is 5. The molecule has 1 atom stereocenters. The molecular formula is C24H16ClN5. The van der Waals surface area contributed by atoms with Gasteiger partial charge in [-0.25, -0.2) is 15.5 Å². The number of halogens is 1. The van der Waals surface area contributed by atoms with Gasteiger partial charge < -0.3 is 0 Å². The third kappa shape index (κ3) is 4.09. The first kappa shape index (κ1) is 19.4. The van der Waals surface area contributed by atoms with Crippen LogP contribution in [0.25, 0.3) is 22.5 Å². The van der Waals surface area contributed by atoms with Crippen molar-refractivity contribution in [3.63, 3.8) is 0 Å². The second kappa shape index (κ2) is 8.64. The molecule has 0 radical (unpaired) electrons. The van der Waals surface area contributed by atoms with Crippen LogP contribution in [0.5, 0.6) is 0 Å². The topological polar surface area (TPSA) is 85.8 Å². The van der Waals surface area contributed by atoms with Crippen LogP contribution in [0.1, 0.15) is 23.0 Å². The number of nitrogens with one attached hydrogen (secondary N) is 1. The van der Waals surface area contributed by atoms with E-state index in [4.69, 9.17) is 32.4 Å². The molecule has 1 unspecified atom stereocenters. The molecule has 0 aliphatic heterocycles. The van der Waals surface area contributed by atoms with Gasteiger partial charge >= 0.3 is 0 Å². The third-order valence-corrected chi connectivity index (χ3v) is 4.93. The Kier molecular flexibility index (Phi) is 5.60. The zero-order valence-corrected chi connectivity index (χ0v) is 16.6. The molecule has 0 aliphatic carbocycles. The lowest BCUT2D eigenvalue weighted by atomic mass is 10.0. The van der Waals surface area contributed by atoms with Crippen LogP contribution >= 0.6 is 11.6 Å². The zero-order chi connectivity index (χ0) is 20.9. The molecule has 1 aromatic heterocycles. The number of aromatic nitrogens is 2. The van der Waals surface area contributed by atoms with Crippen LogP contribution < -0.4 is 0 Å². The summed E-state index contributed by atoms with van der Waals surface area (Å²) in [5.74, 6) is 0.418. The Balaban J connectivity index is 1.86. The average molecular weight is 410 g/mol. The molecule has 0 aliphatic rings. The van der Waals surface area contributed by atoms with Gasteiger partial charge in [-0.15, -0.1) is 0 Å². The maximum absolute atomic E-state index is 9.04. The minimum Gasteiger partial charge on any atom is -0.230 e. The van der Waals surface area contributed by atoms with E-state index in [0.29, 0.717) is 16.4 Å². The summed E-state index contributed by atoms with van der Waals surface area (Å²) in [6.07, 6.45) is 0. The van der Waals surface area contributed by atoms with Crippen molar-refractivity contribution in [3.05, 3.63) is 107 Å². The van der Waals surface area contributed by atoms with Crippen LogP contribution in [0.2, 0.25) is 5.02 Å². The lowest BCUT2D eigenvalue weighted by molar-refractivity contribution is 0.720. The molecule has 4 rings (SSSR count). The Labute approximate surface area is 179 Å². The van der Waals surface area contributed by atoms with Crippen molar-refractivity contribution in [2.45, 2.75) is 6.04 Å². The monoisotopic (exact) mass is 409 g/mol. The largest absolute Gasteiger partial charge is 0.230 e. The summed E-state index contributed by atoms with van der Waals surface area (Å²) in [6, 6.07) is 27.5. The molecule has 30 heavy (non-hydrogen) atoms. The normalized spacial score (nSPS) is 11.5. The molecular weight excluding hydrogens is 394 g/mol. The summed E-state index contributed by atoms with van der Waals surface area (Å²) >= 11 is 6.04. The van der Waals surface area contributed by atoms with Crippen LogP contribution in [0.3, 0.4) is 0 Å². The smallest absolute Gasteiger partial charge is 0.160 e. The van der Waals surface area contributed by atoms with Crippen molar-refractivity contribution in [2.75, 3.05) is 0 Å². The van der Waals surface area contributed by atoms with Crippen LogP contribution in [0.15, 0.2) is 90.0 Å². The highest BCUT2D eigenvalue weighted by Crippen LogP contribution is 2.30. The van der Waals surface area contributed by atoms with Gasteiger partial charge in [-0.1, -0.05) is 66.2 Å². The summed E-state index contributed by atoms with van der Waals surface area (Å²) in [7, 11) is 0. The van der Waals surface area contributed by atoms with E-state index in [-0.39, 0.29) is 0 Å². The van der Waals surface area contributed by atoms with E-state index >= 15 is 0 Å². The summed E-state index contributed by atoms with van der Waals surface area (Å²) in [6.45, 7) is 0. The van der Waals surface area contributed by atoms with Gasteiger partial charge in [-0.05, 0) is 35.9 Å². The van der Waals surface area contributed by atoms with Gasteiger partial charge in [-0.2, -0.15) is 10.4 Å². The molecule has 4 aromatic rings. The second-order valence-corrected chi connectivity index (χ2v) is 7.07. The number of nitrogens with zero attached hydrogens (tertiary/aromatic N) is 4. The van der Waals surface area contributed by atoms with Gasteiger partial charge in [0.2, 0.25) is 0 Å². The molecule has 0 saturated heterocycles. The first-order valence-electron chi connectivity index (χ1n) is 9.25. The van der Waals surface area contributed by atoms with Gasteiger partial charge in [0.1, 0.15) is 0 Å². The summed E-state index contributed by atoms with van der Waals surface area (Å²) in [5.41, 5.74) is 12.4. The molecule has 0 saturated carbocycles. The van der Waals surface area contributed by atoms with Crippen LogP contribution in [-0.4, -0.2) is 9.97 Å². The minimum atomic E-state index is -0.674. The quantitative estimate of drug-likeness (QED) is 0.384. The Hall–Kier alpha value is -3.88. The first-order valence-corrected chi connectivity index (χ1v) is 9.62. The van der Waals surface area contributed by atoms with Gasteiger partial charge in [0.15, 0.2) is 11.9 Å². The van der Waals surface area contributed by atoms with Crippen molar-refractivity contribution in [3.8, 4) is 28.6 Å². The van der Waals surface area contributed by atoms with Crippen LogP contribution in [0, 0.1) is 16.9 Å². The number of hydrogen-bond donors (Lipinski definition) is 1. The standard InChI is InChI=1S/C24H16ClN5/c25-20-12-10-18(11-13-20)22-14-21(17-4-2-1-3-5-17)28-24(29-22)23(30-27)19-8-6-16(15-26)7-9-19/h1-14,23,27H. The maximum atomic E-state index is 9.04. The Morgan fingerprint density at radius 3 is 2.00 bits per heavy atom. The van der Waals surface area contributed by atoms with E-state index in [1.54, 1.807) is 24.3 Å². The molecule has 3 aromatic carbocycles. The molecule has 0 fully saturated rings. The Morgan fingerprint density at radius 2 is 1.43 bits per heavy atom. The first-order chi connectivity index (χ1) is 14.7. The van der Waals surface area contributed by atoms with Crippen LogP contribution in [0.4, 0.5) is 0 Å². The van der Waals surface area contributed by atoms with E-state index in [9.17, 15) is 0 Å². The SMILES string of the molecule is N#Cc1ccc(C(N=N)c2nc(-c3ccccc3)cc(-c3ccc(Cl)cc3)n2)cc1. The van der Waals surface area contributed by atoms with Gasteiger partial charge in [0, 0.05) is 16.1 Å². The highest BCUT2D eigenvalue weighted by molar-refractivity contribution is 6.30. The predicted octanol–water partition coefficient (Wildman–Crippen LogP) is 6.46. The van der Waals surface area contributed by atoms with E-state index in [2.05, 4.69) is 11.2 Å². The summed E-state index contributed by atoms with van der Waals surface area (Å²) < 4.78 is 0. The minimum absolute atomic E-state index is 0.418. The number of hydrogen-bond acceptors (Lipinski definition) is 5. The van der Waals surface area contributed by atoms with E-state index < -0.39 is 6.04 Å². The number of benzene rings is 3. The highest BCUT2D eigenvalue weighted by atomic mass is 35.5. The fraction of sp³-hybridized carbons (Fsp3) is 0.0417. The van der Waals surface area contributed by atoms with Crippen molar-refractivity contribution in [1.29, 1.82) is 10.8 Å². The van der Waals surface area contributed by atoms with E-state index in [1.807, 2.05) is 60.7 Å². The predicted molar refractivity (Wildman–Crippen MR) is 116 cm³/mol. The molecule has 0 spiro atoms. The molecule has 6 heteroatoms. The molecule has 0 amide bonds. The fourth-order valence-electron chi connectivity index (χ4n) is 3.13. The fourth-order valence-corrected chi connectivity index (χ4v) is 3.26. The van der Waals surface area contributed by atoms with Crippen molar-refractivity contribution in [1.82, 2.24) is 9.97 Å². The molecule has 5 nitrogen and oxygen atoms in total. The lowest BCUT2D eigenvalue weighted by Crippen LogP contribution is -2.06. The maximum Gasteiger partial charge on any atom is 0.160 e. The Bertz CT molecular complexity index is 1210. The van der Waals surface area contributed by atoms with Crippen molar-refractivity contribution in [2.24, 2.45) is 5.11 Å². The Morgan fingerprint density at radius 1 is 0.833 bits per heavy atom. The van der Waals surface area contributed by atoms with Crippen LogP contribution in [-0.2, 0) is 0 Å². The average Bonchev–Trinajstić information content (AvgIpc) is 2.81. The summed E-state index contributed by atoms with van der Waals surface area (Å²) in [5, 5.41) is 13.5. The number of nitriles is 1. The van der Waals surface area contributed by atoms with E-state index in [0.717, 1.165) is 28.1 Å². The van der Waals surface area contributed by atoms with Crippen molar-refractivity contribution >= 4 is 11.6 Å². The van der Waals surface area contributed by atoms with Crippen molar-refractivity contribution < 1.29 is 0 Å². The highest BCUT2D eigenvalue weighted by Gasteiger charge is 2.19. The molecule has 1 heterocycles.